The molecule has 1 saturated heterocycles. The van der Waals surface area contributed by atoms with Crippen molar-refractivity contribution in [2.45, 2.75) is 17.5 Å². The number of hydrogen-bond acceptors (Lipinski definition) is 4. The van der Waals surface area contributed by atoms with Crippen LogP contribution >= 0.6 is 11.8 Å². The SMILES string of the molecule is CSc1ccc(CN2CCOCC2CO)cc1. The predicted molar refractivity (Wildman–Crippen MR) is 70.3 cm³/mol. The molecule has 1 aliphatic rings. The molecule has 1 unspecified atom stereocenters. The maximum atomic E-state index is 9.30. The van der Waals surface area contributed by atoms with Gasteiger partial charge in [0.2, 0.25) is 0 Å². The van der Waals surface area contributed by atoms with Crippen LogP contribution in [0.1, 0.15) is 5.56 Å². The quantitative estimate of drug-likeness (QED) is 0.826. The van der Waals surface area contributed by atoms with Gasteiger partial charge < -0.3 is 9.84 Å². The maximum Gasteiger partial charge on any atom is 0.0644 e. The van der Waals surface area contributed by atoms with Gasteiger partial charge >= 0.3 is 0 Å². The summed E-state index contributed by atoms with van der Waals surface area (Å²) in [6, 6.07) is 8.76. The van der Waals surface area contributed by atoms with Gasteiger partial charge in [-0.3, -0.25) is 4.90 Å². The number of aliphatic hydroxyl groups excluding tert-OH is 1. The zero-order chi connectivity index (χ0) is 12.1. The van der Waals surface area contributed by atoms with Crippen molar-refractivity contribution in [2.24, 2.45) is 0 Å². The second kappa shape index (κ2) is 6.40. The average Bonchev–Trinajstić information content (AvgIpc) is 2.40. The Morgan fingerprint density at radius 3 is 2.82 bits per heavy atom. The van der Waals surface area contributed by atoms with Crippen LogP contribution < -0.4 is 0 Å². The van der Waals surface area contributed by atoms with E-state index in [9.17, 15) is 5.11 Å². The van der Waals surface area contributed by atoms with Crippen LogP contribution in [0.5, 0.6) is 0 Å². The molecule has 0 saturated carbocycles. The average molecular weight is 253 g/mol. The van der Waals surface area contributed by atoms with Crippen LogP contribution in [0, 0.1) is 0 Å². The Bertz CT molecular complexity index is 342. The van der Waals surface area contributed by atoms with Crippen molar-refractivity contribution in [3.8, 4) is 0 Å². The van der Waals surface area contributed by atoms with Crippen LogP contribution in [-0.2, 0) is 11.3 Å². The van der Waals surface area contributed by atoms with Gasteiger partial charge in [-0.25, -0.2) is 0 Å². The van der Waals surface area contributed by atoms with E-state index in [1.54, 1.807) is 11.8 Å². The largest absolute Gasteiger partial charge is 0.395 e. The zero-order valence-electron chi connectivity index (χ0n) is 10.1. The van der Waals surface area contributed by atoms with Crippen molar-refractivity contribution < 1.29 is 9.84 Å². The van der Waals surface area contributed by atoms with Crippen LogP contribution in [0.2, 0.25) is 0 Å². The van der Waals surface area contributed by atoms with Crippen LogP contribution in [0.3, 0.4) is 0 Å². The third-order valence-electron chi connectivity index (χ3n) is 3.10. The number of aliphatic hydroxyl groups is 1. The lowest BCUT2D eigenvalue weighted by molar-refractivity contribution is -0.0312. The van der Waals surface area contributed by atoms with Crippen LogP contribution in [0.15, 0.2) is 29.2 Å². The van der Waals surface area contributed by atoms with E-state index >= 15 is 0 Å². The molecule has 1 aromatic carbocycles. The van der Waals surface area contributed by atoms with E-state index in [1.807, 2.05) is 0 Å². The second-order valence-corrected chi connectivity index (χ2v) is 5.11. The number of nitrogens with zero attached hydrogens (tertiary/aromatic N) is 1. The molecule has 0 aliphatic carbocycles. The molecule has 1 N–H and O–H groups in total. The number of hydrogen-bond donors (Lipinski definition) is 1. The first-order valence-electron chi connectivity index (χ1n) is 5.89. The summed E-state index contributed by atoms with van der Waals surface area (Å²) in [4.78, 5) is 3.58. The molecule has 1 aliphatic heterocycles. The second-order valence-electron chi connectivity index (χ2n) is 4.23. The Hall–Kier alpha value is -0.550. The standard InChI is InChI=1S/C13H19NO2S/c1-17-13-4-2-11(3-5-13)8-14-6-7-16-10-12(14)9-15/h2-5,12,15H,6-10H2,1H3. The molecule has 0 bridgehead atoms. The molecule has 4 heteroatoms. The molecule has 1 aromatic rings. The molecule has 2 rings (SSSR count). The monoisotopic (exact) mass is 253 g/mol. The Balaban J connectivity index is 1.98. The lowest BCUT2D eigenvalue weighted by Crippen LogP contribution is -2.46. The fourth-order valence-electron chi connectivity index (χ4n) is 2.03. The molecule has 17 heavy (non-hydrogen) atoms. The summed E-state index contributed by atoms with van der Waals surface area (Å²) in [5, 5.41) is 9.30. The van der Waals surface area contributed by atoms with Crippen molar-refractivity contribution in [3.63, 3.8) is 0 Å². The van der Waals surface area contributed by atoms with Gasteiger partial charge in [0.05, 0.1) is 25.9 Å². The van der Waals surface area contributed by atoms with E-state index in [1.165, 1.54) is 10.5 Å². The fraction of sp³-hybridized carbons (Fsp3) is 0.538. The highest BCUT2D eigenvalue weighted by Crippen LogP contribution is 2.17. The summed E-state index contributed by atoms with van der Waals surface area (Å²) >= 11 is 1.76. The lowest BCUT2D eigenvalue weighted by atomic mass is 10.1. The topological polar surface area (TPSA) is 32.7 Å². The van der Waals surface area contributed by atoms with Crippen LogP contribution in [0.25, 0.3) is 0 Å². The Labute approximate surface area is 107 Å². The van der Waals surface area contributed by atoms with Gasteiger partial charge in [0.15, 0.2) is 0 Å². The molecule has 0 radical (unpaired) electrons. The molecule has 1 fully saturated rings. The molecule has 94 valence electrons. The van der Waals surface area contributed by atoms with Gasteiger partial charge in [-0.2, -0.15) is 0 Å². The highest BCUT2D eigenvalue weighted by Gasteiger charge is 2.21. The predicted octanol–water partition coefficient (Wildman–Crippen LogP) is 1.60. The number of thioether (sulfide) groups is 1. The smallest absolute Gasteiger partial charge is 0.0644 e. The van der Waals surface area contributed by atoms with Crippen LogP contribution in [-0.4, -0.2) is 48.7 Å². The van der Waals surface area contributed by atoms with Crippen molar-refractivity contribution in [1.29, 1.82) is 0 Å². The van der Waals surface area contributed by atoms with Gasteiger partial charge in [-0.15, -0.1) is 11.8 Å². The van der Waals surface area contributed by atoms with Crippen molar-refractivity contribution in [1.82, 2.24) is 4.90 Å². The highest BCUT2D eigenvalue weighted by molar-refractivity contribution is 7.98. The minimum absolute atomic E-state index is 0.143. The van der Waals surface area contributed by atoms with Gasteiger partial charge in [-0.1, -0.05) is 12.1 Å². The summed E-state index contributed by atoms with van der Waals surface area (Å²) in [6.45, 7) is 3.36. The molecule has 1 atom stereocenters. The van der Waals surface area contributed by atoms with Crippen molar-refractivity contribution in [3.05, 3.63) is 29.8 Å². The third-order valence-corrected chi connectivity index (χ3v) is 3.85. The minimum Gasteiger partial charge on any atom is -0.395 e. The molecule has 1 heterocycles. The Morgan fingerprint density at radius 2 is 2.18 bits per heavy atom. The van der Waals surface area contributed by atoms with Crippen molar-refractivity contribution in [2.75, 3.05) is 32.6 Å². The molecule has 0 aromatic heterocycles. The number of ether oxygens (including phenoxy) is 1. The number of morpholine rings is 1. The summed E-state index contributed by atoms with van der Waals surface area (Å²) < 4.78 is 5.37. The zero-order valence-corrected chi connectivity index (χ0v) is 10.9. The summed E-state index contributed by atoms with van der Waals surface area (Å²) in [5.41, 5.74) is 1.29. The summed E-state index contributed by atoms with van der Waals surface area (Å²) in [6.07, 6.45) is 2.08. The van der Waals surface area contributed by atoms with E-state index in [4.69, 9.17) is 4.74 Å². The number of benzene rings is 1. The first-order valence-corrected chi connectivity index (χ1v) is 7.11. The van der Waals surface area contributed by atoms with Gasteiger partial charge in [0.1, 0.15) is 0 Å². The third kappa shape index (κ3) is 3.45. The summed E-state index contributed by atoms with van der Waals surface area (Å²) in [7, 11) is 0. The highest BCUT2D eigenvalue weighted by atomic mass is 32.2. The molecule has 0 spiro atoms. The first-order chi connectivity index (χ1) is 8.33. The number of rotatable bonds is 4. The van der Waals surface area contributed by atoms with E-state index in [0.717, 1.165) is 19.7 Å². The minimum atomic E-state index is 0.143. The van der Waals surface area contributed by atoms with E-state index in [0.29, 0.717) is 6.61 Å². The normalized spacial score (nSPS) is 21.6. The lowest BCUT2D eigenvalue weighted by Gasteiger charge is -2.34. The fourth-order valence-corrected chi connectivity index (χ4v) is 2.44. The molecular formula is C13H19NO2S. The summed E-state index contributed by atoms with van der Waals surface area (Å²) in [5.74, 6) is 0. The van der Waals surface area contributed by atoms with Crippen molar-refractivity contribution >= 4 is 11.8 Å². The van der Waals surface area contributed by atoms with Gasteiger partial charge in [-0.05, 0) is 24.0 Å². The van der Waals surface area contributed by atoms with Gasteiger partial charge in [0, 0.05) is 18.0 Å². The molecule has 0 amide bonds. The Kier molecular flexibility index (Phi) is 4.86. The maximum absolute atomic E-state index is 9.30. The first kappa shape index (κ1) is 12.9. The molecular weight excluding hydrogens is 234 g/mol. The molecule has 3 nitrogen and oxygen atoms in total. The van der Waals surface area contributed by atoms with E-state index in [-0.39, 0.29) is 12.6 Å². The Morgan fingerprint density at radius 1 is 1.41 bits per heavy atom. The van der Waals surface area contributed by atoms with E-state index in [2.05, 4.69) is 35.4 Å². The van der Waals surface area contributed by atoms with Gasteiger partial charge in [0.25, 0.3) is 0 Å². The van der Waals surface area contributed by atoms with Crippen LogP contribution in [0.4, 0.5) is 0 Å². The van der Waals surface area contributed by atoms with E-state index < -0.39 is 0 Å².